The van der Waals surface area contributed by atoms with E-state index in [-0.39, 0.29) is 0 Å². The number of rotatable bonds is 7. The fraction of sp³-hybridized carbons (Fsp3) is 0.889. The van der Waals surface area contributed by atoms with Crippen molar-refractivity contribution in [3.8, 4) is 0 Å². The van der Waals surface area contributed by atoms with E-state index >= 15 is 0 Å². The van der Waals surface area contributed by atoms with Crippen molar-refractivity contribution >= 4 is 12.6 Å². The minimum Gasteiger partial charge on any atom is -0.303 e. The van der Waals surface area contributed by atoms with E-state index in [1.807, 2.05) is 0 Å². The van der Waals surface area contributed by atoms with Crippen LogP contribution in [0.3, 0.4) is 0 Å². The number of hydrogen-bond donors (Lipinski definition) is 1. The normalized spacial score (nSPS) is 27.1. The third-order valence-corrected chi connectivity index (χ3v) is 5.72. The first-order valence-electron chi connectivity index (χ1n) is 8.83. The Morgan fingerprint density at radius 2 is 1.76 bits per heavy atom. The highest BCUT2D eigenvalue weighted by Gasteiger charge is 2.26. The maximum absolute atomic E-state index is 4.56. The maximum atomic E-state index is 4.56. The molecule has 0 amide bonds. The summed E-state index contributed by atoms with van der Waals surface area (Å²) in [6.07, 6.45) is 8.28. The number of piperidine rings is 1. The van der Waals surface area contributed by atoms with Gasteiger partial charge in [-0.05, 0) is 77.4 Å². The monoisotopic (exact) mass is 310 g/mol. The van der Waals surface area contributed by atoms with Gasteiger partial charge in [-0.3, -0.25) is 4.90 Å². The van der Waals surface area contributed by atoms with E-state index in [2.05, 4.69) is 42.9 Å². The fourth-order valence-electron chi connectivity index (χ4n) is 3.76. The van der Waals surface area contributed by atoms with Crippen LogP contribution in [0.5, 0.6) is 0 Å². The van der Waals surface area contributed by atoms with Crippen LogP contribution in [-0.4, -0.2) is 47.9 Å². The summed E-state index contributed by atoms with van der Waals surface area (Å²) in [5.41, 5.74) is 1.32. The van der Waals surface area contributed by atoms with Crippen LogP contribution in [-0.2, 0) is 0 Å². The van der Waals surface area contributed by atoms with Gasteiger partial charge < -0.3 is 4.90 Å². The minimum absolute atomic E-state index is 0.437. The van der Waals surface area contributed by atoms with Crippen LogP contribution in [0, 0.1) is 11.8 Å². The Kier molecular flexibility index (Phi) is 7.11. The SMILES string of the molecule is C=C(C)CCN1CCC(CCC2CCN(C(C)S)C2)CC1. The van der Waals surface area contributed by atoms with Crippen LogP contribution < -0.4 is 0 Å². The van der Waals surface area contributed by atoms with Gasteiger partial charge in [0.1, 0.15) is 0 Å². The Morgan fingerprint density at radius 3 is 2.33 bits per heavy atom. The van der Waals surface area contributed by atoms with Crippen molar-refractivity contribution in [3.63, 3.8) is 0 Å². The first kappa shape index (κ1) is 17.4. The van der Waals surface area contributed by atoms with Crippen molar-refractivity contribution in [1.29, 1.82) is 0 Å². The highest BCUT2D eigenvalue weighted by atomic mass is 32.1. The van der Waals surface area contributed by atoms with Gasteiger partial charge in [0.25, 0.3) is 0 Å². The van der Waals surface area contributed by atoms with Crippen molar-refractivity contribution < 1.29 is 0 Å². The first-order valence-corrected chi connectivity index (χ1v) is 9.35. The topological polar surface area (TPSA) is 6.48 Å². The van der Waals surface area contributed by atoms with Crippen LogP contribution in [0.25, 0.3) is 0 Å². The lowest BCUT2D eigenvalue weighted by Crippen LogP contribution is -2.34. The highest BCUT2D eigenvalue weighted by Crippen LogP contribution is 2.29. The molecule has 0 radical (unpaired) electrons. The summed E-state index contributed by atoms with van der Waals surface area (Å²) in [7, 11) is 0. The number of thiol groups is 1. The summed E-state index contributed by atoms with van der Waals surface area (Å²) in [5, 5.41) is 0.437. The molecule has 2 nitrogen and oxygen atoms in total. The lowest BCUT2D eigenvalue weighted by atomic mass is 9.88. The van der Waals surface area contributed by atoms with E-state index in [1.165, 1.54) is 76.8 Å². The summed E-state index contributed by atoms with van der Waals surface area (Å²) < 4.78 is 0. The average molecular weight is 311 g/mol. The van der Waals surface area contributed by atoms with Gasteiger partial charge in [0.05, 0.1) is 0 Å². The molecule has 0 aromatic rings. The average Bonchev–Trinajstić information content (AvgIpc) is 2.93. The van der Waals surface area contributed by atoms with Crippen LogP contribution in [0.2, 0.25) is 0 Å². The molecule has 21 heavy (non-hydrogen) atoms. The fourth-order valence-corrected chi connectivity index (χ4v) is 3.97. The van der Waals surface area contributed by atoms with Gasteiger partial charge in [0, 0.05) is 18.5 Å². The Hall–Kier alpha value is 0.0100. The van der Waals surface area contributed by atoms with E-state index in [0.29, 0.717) is 5.37 Å². The summed E-state index contributed by atoms with van der Waals surface area (Å²) >= 11 is 4.56. The second kappa shape index (κ2) is 8.59. The molecule has 2 rings (SSSR count). The van der Waals surface area contributed by atoms with Crippen LogP contribution in [0.4, 0.5) is 0 Å². The molecule has 0 aliphatic carbocycles. The molecule has 0 aromatic carbocycles. The molecular formula is C18H34N2S. The molecule has 2 fully saturated rings. The molecule has 0 spiro atoms. The summed E-state index contributed by atoms with van der Waals surface area (Å²) in [6.45, 7) is 14.7. The van der Waals surface area contributed by atoms with E-state index in [9.17, 15) is 0 Å². The van der Waals surface area contributed by atoms with Crippen LogP contribution >= 0.6 is 12.6 Å². The molecule has 0 N–H and O–H groups in total. The number of likely N-dealkylation sites (tertiary alicyclic amines) is 2. The Morgan fingerprint density at radius 1 is 1.14 bits per heavy atom. The summed E-state index contributed by atoms with van der Waals surface area (Å²) in [6, 6.07) is 0. The van der Waals surface area contributed by atoms with Crippen LogP contribution in [0.1, 0.15) is 52.4 Å². The van der Waals surface area contributed by atoms with E-state index in [4.69, 9.17) is 0 Å². The summed E-state index contributed by atoms with van der Waals surface area (Å²) in [5.74, 6) is 1.91. The molecule has 122 valence electrons. The zero-order valence-electron chi connectivity index (χ0n) is 14.1. The van der Waals surface area contributed by atoms with E-state index in [0.717, 1.165) is 11.8 Å². The smallest absolute Gasteiger partial charge is 0.0499 e. The number of nitrogens with zero attached hydrogens (tertiary/aromatic N) is 2. The number of hydrogen-bond acceptors (Lipinski definition) is 3. The molecule has 2 aliphatic heterocycles. The van der Waals surface area contributed by atoms with E-state index in [1.54, 1.807) is 0 Å². The van der Waals surface area contributed by atoms with Crippen molar-refractivity contribution in [2.24, 2.45) is 11.8 Å². The van der Waals surface area contributed by atoms with Crippen molar-refractivity contribution in [1.82, 2.24) is 9.80 Å². The van der Waals surface area contributed by atoms with Gasteiger partial charge in [0.15, 0.2) is 0 Å². The Bertz CT molecular complexity index is 321. The molecule has 0 saturated carbocycles. The Balaban J connectivity index is 1.58. The van der Waals surface area contributed by atoms with Gasteiger partial charge in [-0.25, -0.2) is 0 Å². The lowest BCUT2D eigenvalue weighted by Gasteiger charge is -2.32. The van der Waals surface area contributed by atoms with Gasteiger partial charge in [-0.15, -0.1) is 6.58 Å². The molecule has 2 heterocycles. The molecule has 2 unspecified atom stereocenters. The van der Waals surface area contributed by atoms with Crippen molar-refractivity contribution in [2.75, 3.05) is 32.7 Å². The second-order valence-corrected chi connectivity index (χ2v) is 8.10. The molecule has 0 bridgehead atoms. The van der Waals surface area contributed by atoms with Crippen molar-refractivity contribution in [2.45, 2.75) is 57.7 Å². The predicted molar refractivity (Wildman–Crippen MR) is 96.0 cm³/mol. The predicted octanol–water partition coefficient (Wildman–Crippen LogP) is 4.04. The molecule has 2 saturated heterocycles. The largest absolute Gasteiger partial charge is 0.303 e. The molecular weight excluding hydrogens is 276 g/mol. The lowest BCUT2D eigenvalue weighted by molar-refractivity contribution is 0.175. The van der Waals surface area contributed by atoms with Gasteiger partial charge in [-0.2, -0.15) is 12.6 Å². The van der Waals surface area contributed by atoms with Crippen LogP contribution in [0.15, 0.2) is 12.2 Å². The highest BCUT2D eigenvalue weighted by molar-refractivity contribution is 7.80. The molecule has 2 aliphatic rings. The van der Waals surface area contributed by atoms with Crippen molar-refractivity contribution in [3.05, 3.63) is 12.2 Å². The molecule has 0 aromatic heterocycles. The first-order chi connectivity index (χ1) is 10.0. The van der Waals surface area contributed by atoms with Gasteiger partial charge in [-0.1, -0.05) is 12.0 Å². The van der Waals surface area contributed by atoms with E-state index < -0.39 is 0 Å². The third-order valence-electron chi connectivity index (χ3n) is 5.39. The molecule has 3 heteroatoms. The third kappa shape index (κ3) is 5.96. The maximum Gasteiger partial charge on any atom is 0.0499 e. The Labute approximate surface area is 137 Å². The quantitative estimate of drug-likeness (QED) is 0.560. The second-order valence-electron chi connectivity index (χ2n) is 7.35. The molecule has 2 atom stereocenters. The van der Waals surface area contributed by atoms with Gasteiger partial charge >= 0.3 is 0 Å². The standard InChI is InChI=1S/C18H34N2S/c1-15(2)6-10-19-11-7-17(8-12-19)4-5-18-9-13-20(14-18)16(3)21/h16-18,21H,1,4-14H2,2-3H3. The zero-order valence-corrected chi connectivity index (χ0v) is 15.0. The minimum atomic E-state index is 0.437. The summed E-state index contributed by atoms with van der Waals surface area (Å²) in [4.78, 5) is 5.15. The van der Waals surface area contributed by atoms with Gasteiger partial charge in [0.2, 0.25) is 0 Å². The zero-order chi connectivity index (χ0) is 15.2.